The summed E-state index contributed by atoms with van der Waals surface area (Å²) in [4.78, 5) is 8.55. The van der Waals surface area contributed by atoms with E-state index in [4.69, 9.17) is 11.6 Å². The summed E-state index contributed by atoms with van der Waals surface area (Å²) in [6.07, 6.45) is 6.11. The Bertz CT molecular complexity index is 393. The number of allylic oxidation sites excluding steroid dienone is 1. The zero-order valence-corrected chi connectivity index (χ0v) is 10.7. The minimum Gasteiger partial charge on any atom is -0.366 e. The first kappa shape index (κ1) is 13.1. The number of hydrogen-bond donors (Lipinski definition) is 1. The van der Waals surface area contributed by atoms with Crippen LogP contribution in [0.1, 0.15) is 5.56 Å². The molecule has 1 N–H and O–H groups in total. The first-order valence-corrected chi connectivity index (χ1v) is 6.39. The van der Waals surface area contributed by atoms with Crippen molar-refractivity contribution in [2.75, 3.05) is 18.1 Å². The molecular formula is C11H14ClN3S. The van der Waals surface area contributed by atoms with Crippen LogP contribution in [0.4, 0.5) is 5.82 Å². The van der Waals surface area contributed by atoms with E-state index in [1.54, 1.807) is 12.2 Å². The third kappa shape index (κ3) is 3.25. The Morgan fingerprint density at radius 3 is 2.69 bits per heavy atom. The third-order valence-corrected chi connectivity index (χ3v) is 2.74. The molecule has 0 spiro atoms. The van der Waals surface area contributed by atoms with Gasteiger partial charge in [-0.1, -0.05) is 35.5 Å². The Morgan fingerprint density at radius 1 is 1.38 bits per heavy atom. The average molecular weight is 256 g/mol. The van der Waals surface area contributed by atoms with Crippen molar-refractivity contribution < 1.29 is 0 Å². The van der Waals surface area contributed by atoms with Crippen molar-refractivity contribution in [2.45, 2.75) is 11.6 Å². The molecule has 16 heavy (non-hydrogen) atoms. The SMILES string of the molecule is C=CCNc1nc(SC)nc(Cl)c1CC=C. The molecule has 5 heteroatoms. The quantitative estimate of drug-likeness (QED) is 0.367. The number of hydrogen-bond acceptors (Lipinski definition) is 4. The summed E-state index contributed by atoms with van der Waals surface area (Å²) < 4.78 is 0. The van der Waals surface area contributed by atoms with E-state index in [9.17, 15) is 0 Å². The third-order valence-electron chi connectivity index (χ3n) is 1.88. The zero-order valence-electron chi connectivity index (χ0n) is 9.16. The van der Waals surface area contributed by atoms with Gasteiger partial charge in [0.15, 0.2) is 5.16 Å². The van der Waals surface area contributed by atoms with E-state index in [2.05, 4.69) is 28.4 Å². The van der Waals surface area contributed by atoms with Crippen LogP contribution in [0.2, 0.25) is 5.15 Å². The largest absolute Gasteiger partial charge is 0.366 e. The highest BCUT2D eigenvalue weighted by molar-refractivity contribution is 7.98. The number of anilines is 1. The van der Waals surface area contributed by atoms with Crippen molar-refractivity contribution in [3.63, 3.8) is 0 Å². The van der Waals surface area contributed by atoms with Gasteiger partial charge in [0.1, 0.15) is 11.0 Å². The fourth-order valence-electron chi connectivity index (χ4n) is 1.17. The van der Waals surface area contributed by atoms with Gasteiger partial charge in [-0.15, -0.1) is 13.2 Å². The summed E-state index contributed by atoms with van der Waals surface area (Å²) in [5.41, 5.74) is 0.872. The van der Waals surface area contributed by atoms with Gasteiger partial charge in [-0.2, -0.15) is 0 Å². The summed E-state index contributed by atoms with van der Waals surface area (Å²) in [5.74, 6) is 0.754. The summed E-state index contributed by atoms with van der Waals surface area (Å²) >= 11 is 7.55. The Hall–Kier alpha value is -1.00. The number of nitrogens with zero attached hydrogens (tertiary/aromatic N) is 2. The van der Waals surface area contributed by atoms with Crippen LogP contribution in [-0.4, -0.2) is 22.8 Å². The molecule has 0 saturated carbocycles. The first-order chi connectivity index (χ1) is 7.72. The van der Waals surface area contributed by atoms with Gasteiger partial charge in [0.2, 0.25) is 0 Å². The molecule has 86 valence electrons. The van der Waals surface area contributed by atoms with E-state index in [1.807, 2.05) is 6.26 Å². The maximum Gasteiger partial charge on any atom is 0.190 e. The van der Waals surface area contributed by atoms with Gasteiger partial charge in [-0.05, 0) is 12.7 Å². The highest BCUT2D eigenvalue weighted by Gasteiger charge is 2.10. The molecule has 1 rings (SSSR count). The molecule has 0 aromatic carbocycles. The van der Waals surface area contributed by atoms with Crippen LogP contribution < -0.4 is 5.32 Å². The molecule has 0 fully saturated rings. The number of aromatic nitrogens is 2. The molecule has 1 aromatic heterocycles. The Labute approximate surface area is 105 Å². The van der Waals surface area contributed by atoms with Crippen LogP contribution in [-0.2, 0) is 6.42 Å². The summed E-state index contributed by atoms with van der Waals surface area (Å²) in [7, 11) is 0. The Kier molecular flexibility index (Phi) is 5.35. The molecule has 1 aromatic rings. The van der Waals surface area contributed by atoms with E-state index < -0.39 is 0 Å². The molecule has 0 unspecified atom stereocenters. The topological polar surface area (TPSA) is 37.8 Å². The molecule has 3 nitrogen and oxygen atoms in total. The monoisotopic (exact) mass is 255 g/mol. The van der Waals surface area contributed by atoms with Crippen molar-refractivity contribution in [3.8, 4) is 0 Å². The maximum absolute atomic E-state index is 6.09. The highest BCUT2D eigenvalue weighted by Crippen LogP contribution is 2.24. The van der Waals surface area contributed by atoms with Gasteiger partial charge < -0.3 is 5.32 Å². The Morgan fingerprint density at radius 2 is 2.12 bits per heavy atom. The number of halogens is 1. The van der Waals surface area contributed by atoms with Gasteiger partial charge >= 0.3 is 0 Å². The highest BCUT2D eigenvalue weighted by atomic mass is 35.5. The van der Waals surface area contributed by atoms with Crippen molar-refractivity contribution in [3.05, 3.63) is 36.0 Å². The smallest absolute Gasteiger partial charge is 0.190 e. The fraction of sp³-hybridized carbons (Fsp3) is 0.273. The van der Waals surface area contributed by atoms with Crippen molar-refractivity contribution >= 4 is 29.2 Å². The second-order valence-electron chi connectivity index (χ2n) is 2.99. The molecule has 0 amide bonds. The lowest BCUT2D eigenvalue weighted by Crippen LogP contribution is -2.06. The molecular weight excluding hydrogens is 242 g/mol. The summed E-state index contributed by atoms with van der Waals surface area (Å²) in [5, 5.41) is 4.28. The van der Waals surface area contributed by atoms with E-state index in [-0.39, 0.29) is 0 Å². The van der Waals surface area contributed by atoms with Crippen LogP contribution in [0.3, 0.4) is 0 Å². The van der Waals surface area contributed by atoms with Crippen LogP contribution in [0.25, 0.3) is 0 Å². The fourth-order valence-corrected chi connectivity index (χ4v) is 1.83. The molecule has 0 atom stereocenters. The van der Waals surface area contributed by atoms with Crippen LogP contribution >= 0.6 is 23.4 Å². The van der Waals surface area contributed by atoms with Gasteiger partial charge in [-0.3, -0.25) is 0 Å². The van der Waals surface area contributed by atoms with Gasteiger partial charge in [0.25, 0.3) is 0 Å². The second kappa shape index (κ2) is 6.55. The number of nitrogens with one attached hydrogen (secondary N) is 1. The zero-order chi connectivity index (χ0) is 12.0. The van der Waals surface area contributed by atoms with Crippen LogP contribution in [0.5, 0.6) is 0 Å². The lowest BCUT2D eigenvalue weighted by molar-refractivity contribution is 0.940. The van der Waals surface area contributed by atoms with Gasteiger partial charge in [0, 0.05) is 12.1 Å². The molecule has 0 saturated heterocycles. The normalized spacial score (nSPS) is 9.88. The lowest BCUT2D eigenvalue weighted by Gasteiger charge is -2.10. The predicted octanol–water partition coefficient (Wildman–Crippen LogP) is 3.18. The number of rotatable bonds is 6. The lowest BCUT2D eigenvalue weighted by atomic mass is 10.2. The van der Waals surface area contributed by atoms with Crippen molar-refractivity contribution in [1.29, 1.82) is 0 Å². The van der Waals surface area contributed by atoms with E-state index >= 15 is 0 Å². The molecule has 1 heterocycles. The minimum absolute atomic E-state index is 0.478. The summed E-state index contributed by atoms with van der Waals surface area (Å²) in [6.45, 7) is 7.99. The van der Waals surface area contributed by atoms with Crippen LogP contribution in [0, 0.1) is 0 Å². The molecule has 0 aliphatic rings. The molecule has 0 bridgehead atoms. The molecule has 0 radical (unpaired) electrons. The molecule has 0 aliphatic carbocycles. The maximum atomic E-state index is 6.09. The summed E-state index contributed by atoms with van der Waals surface area (Å²) in [6, 6.07) is 0. The van der Waals surface area contributed by atoms with Gasteiger partial charge in [-0.25, -0.2) is 9.97 Å². The van der Waals surface area contributed by atoms with E-state index in [0.29, 0.717) is 23.3 Å². The van der Waals surface area contributed by atoms with E-state index in [1.165, 1.54) is 11.8 Å². The predicted molar refractivity (Wildman–Crippen MR) is 71.4 cm³/mol. The van der Waals surface area contributed by atoms with Gasteiger partial charge in [0.05, 0.1) is 0 Å². The van der Waals surface area contributed by atoms with Crippen LogP contribution in [0.15, 0.2) is 30.5 Å². The Balaban J connectivity index is 3.10. The number of thioether (sulfide) groups is 1. The van der Waals surface area contributed by atoms with Crippen molar-refractivity contribution in [2.24, 2.45) is 0 Å². The van der Waals surface area contributed by atoms with Crippen molar-refractivity contribution in [1.82, 2.24) is 9.97 Å². The molecule has 0 aliphatic heterocycles. The second-order valence-corrected chi connectivity index (χ2v) is 4.12. The average Bonchev–Trinajstić information content (AvgIpc) is 2.29. The minimum atomic E-state index is 0.478. The van der Waals surface area contributed by atoms with E-state index in [0.717, 1.165) is 11.4 Å². The standard InChI is InChI=1S/C11H14ClN3S/c1-4-6-8-9(12)14-11(16-3)15-10(8)13-7-5-2/h4-5H,1-2,6-7H2,3H3,(H,13,14,15). The first-order valence-electron chi connectivity index (χ1n) is 4.79.